The highest BCUT2D eigenvalue weighted by molar-refractivity contribution is 5.92. The number of hydrogen-bond acceptors (Lipinski definition) is 5. The Morgan fingerprint density at radius 2 is 2.00 bits per heavy atom. The topological polar surface area (TPSA) is 80.9 Å². The number of rotatable bonds is 5. The van der Waals surface area contributed by atoms with Crippen LogP contribution in [0.5, 0.6) is 5.75 Å². The Bertz CT molecular complexity index is 1270. The predicted octanol–water partition coefficient (Wildman–Crippen LogP) is 4.55. The molecule has 176 valence electrons. The van der Waals surface area contributed by atoms with Gasteiger partial charge in [-0.05, 0) is 55.0 Å². The van der Waals surface area contributed by atoms with Crippen LogP contribution in [0.4, 0.5) is 4.79 Å². The molecule has 4 atom stereocenters. The number of piperidine rings is 2. The number of fused-ring (bicyclic) bond motifs is 2. The van der Waals surface area contributed by atoms with Gasteiger partial charge in [0, 0.05) is 23.1 Å². The number of aromatic nitrogens is 1. The first kappa shape index (κ1) is 21.1. The van der Waals surface area contributed by atoms with Crippen LogP contribution in [-0.4, -0.2) is 47.2 Å². The minimum Gasteiger partial charge on any atom is -0.497 e. The summed E-state index contributed by atoms with van der Waals surface area (Å²) in [4.78, 5) is 32.3. The van der Waals surface area contributed by atoms with E-state index in [2.05, 4.69) is 4.98 Å². The lowest BCUT2D eigenvalue weighted by molar-refractivity contribution is -0.153. The van der Waals surface area contributed by atoms with Crippen LogP contribution in [0.1, 0.15) is 37.4 Å². The summed E-state index contributed by atoms with van der Waals surface area (Å²) in [5.74, 6) is 0.659. The summed E-state index contributed by atoms with van der Waals surface area (Å²) in [6.45, 7) is 2.81. The minimum atomic E-state index is -0.935. The minimum absolute atomic E-state index is 0.154. The Morgan fingerprint density at radius 1 is 1.18 bits per heavy atom. The van der Waals surface area contributed by atoms with Crippen molar-refractivity contribution in [2.75, 3.05) is 13.7 Å². The molecule has 7 nitrogen and oxygen atoms in total. The number of aromatic amines is 1. The van der Waals surface area contributed by atoms with Gasteiger partial charge in [-0.3, -0.25) is 9.69 Å². The fraction of sp³-hybridized carbons (Fsp3) is 0.407. The fourth-order valence-corrected chi connectivity index (χ4v) is 6.56. The van der Waals surface area contributed by atoms with Crippen LogP contribution < -0.4 is 4.74 Å². The molecule has 4 heterocycles. The third-order valence-electron chi connectivity index (χ3n) is 7.98. The van der Waals surface area contributed by atoms with Crippen molar-refractivity contribution >= 4 is 23.0 Å². The van der Waals surface area contributed by atoms with E-state index in [1.165, 1.54) is 0 Å². The second kappa shape index (κ2) is 7.52. The second-order valence-corrected chi connectivity index (χ2v) is 9.78. The molecule has 4 aliphatic rings. The van der Waals surface area contributed by atoms with Gasteiger partial charge in [0.05, 0.1) is 13.2 Å². The first-order valence-corrected chi connectivity index (χ1v) is 11.9. The number of nitrogens with zero attached hydrogens (tertiary/aromatic N) is 1. The maximum atomic E-state index is 13.6. The van der Waals surface area contributed by atoms with Crippen molar-refractivity contribution in [1.29, 1.82) is 0 Å². The van der Waals surface area contributed by atoms with E-state index in [-0.39, 0.29) is 18.5 Å². The standard InChI is InChI=1S/C27H28N2O5/c1-3-26-13-18-14-27(24(30)34-26,22-12-19-11-20(32-2)9-10-21(19)28-22)23(26)29(15-18)25(31)33-16-17-7-5-4-6-8-17/h4-12,18,23,28H,3,13-16H2,1-2H3/t18?,23?,26-,27-/m1/s1. The molecule has 4 fully saturated rings. The van der Waals surface area contributed by atoms with E-state index in [9.17, 15) is 9.59 Å². The van der Waals surface area contributed by atoms with E-state index >= 15 is 0 Å². The van der Waals surface area contributed by atoms with E-state index < -0.39 is 23.2 Å². The molecule has 1 saturated carbocycles. The molecule has 1 amide bonds. The Hall–Kier alpha value is -3.48. The highest BCUT2D eigenvalue weighted by Gasteiger charge is 2.74. The normalized spacial score (nSPS) is 29.4. The summed E-state index contributed by atoms with van der Waals surface area (Å²) in [5.41, 5.74) is 1.02. The zero-order chi connectivity index (χ0) is 23.5. The van der Waals surface area contributed by atoms with Gasteiger partial charge in [-0.2, -0.15) is 0 Å². The van der Waals surface area contributed by atoms with Gasteiger partial charge < -0.3 is 19.2 Å². The number of carbonyl (C=O) groups excluding carboxylic acids is 2. The first-order valence-electron chi connectivity index (χ1n) is 11.9. The molecule has 4 bridgehead atoms. The molecule has 1 aliphatic carbocycles. The maximum Gasteiger partial charge on any atom is 0.410 e. The van der Waals surface area contributed by atoms with Crippen molar-refractivity contribution < 1.29 is 23.8 Å². The number of carbonyl (C=O) groups is 2. The Kier molecular flexibility index (Phi) is 4.66. The summed E-state index contributed by atoms with van der Waals surface area (Å²) < 4.78 is 17.3. The highest BCUT2D eigenvalue weighted by atomic mass is 16.6. The largest absolute Gasteiger partial charge is 0.497 e. The summed E-state index contributed by atoms with van der Waals surface area (Å²) in [6, 6.07) is 17.0. The Balaban J connectivity index is 1.40. The van der Waals surface area contributed by atoms with Gasteiger partial charge >= 0.3 is 12.1 Å². The number of H-pyrrole nitrogens is 1. The van der Waals surface area contributed by atoms with Crippen molar-refractivity contribution in [3.05, 3.63) is 65.9 Å². The molecule has 1 N–H and O–H groups in total. The number of methoxy groups -OCH3 is 1. The molecule has 3 aliphatic heterocycles. The molecule has 1 aromatic heterocycles. The van der Waals surface area contributed by atoms with Crippen molar-refractivity contribution in [3.8, 4) is 5.75 Å². The fourth-order valence-electron chi connectivity index (χ4n) is 6.56. The monoisotopic (exact) mass is 460 g/mol. The van der Waals surface area contributed by atoms with E-state index in [0.717, 1.165) is 34.3 Å². The molecule has 3 saturated heterocycles. The summed E-state index contributed by atoms with van der Waals surface area (Å²) in [6.07, 6.45) is 1.69. The lowest BCUT2D eigenvalue weighted by atomic mass is 9.56. The summed E-state index contributed by atoms with van der Waals surface area (Å²) in [5, 5.41) is 0.963. The molecule has 34 heavy (non-hydrogen) atoms. The number of ether oxygens (including phenoxy) is 3. The molecule has 2 aromatic carbocycles. The Labute approximate surface area is 198 Å². The van der Waals surface area contributed by atoms with Crippen LogP contribution in [0.2, 0.25) is 0 Å². The predicted molar refractivity (Wildman–Crippen MR) is 125 cm³/mol. The molecule has 2 unspecified atom stereocenters. The van der Waals surface area contributed by atoms with Crippen LogP contribution in [-0.2, 0) is 26.3 Å². The van der Waals surface area contributed by atoms with Gasteiger partial charge in [-0.1, -0.05) is 37.3 Å². The van der Waals surface area contributed by atoms with E-state index in [1.807, 2.05) is 61.5 Å². The lowest BCUT2D eigenvalue weighted by Crippen LogP contribution is -2.70. The van der Waals surface area contributed by atoms with Crippen LogP contribution in [0.15, 0.2) is 54.6 Å². The zero-order valence-electron chi connectivity index (χ0n) is 19.4. The Morgan fingerprint density at radius 3 is 2.76 bits per heavy atom. The molecule has 0 radical (unpaired) electrons. The number of hydrogen-bond donors (Lipinski definition) is 1. The summed E-state index contributed by atoms with van der Waals surface area (Å²) >= 11 is 0. The van der Waals surface area contributed by atoms with E-state index in [4.69, 9.17) is 14.2 Å². The molecule has 7 heteroatoms. The molecule has 7 rings (SSSR count). The van der Waals surface area contributed by atoms with Crippen LogP contribution in [0, 0.1) is 5.92 Å². The van der Waals surface area contributed by atoms with Crippen LogP contribution >= 0.6 is 0 Å². The lowest BCUT2D eigenvalue weighted by Gasteiger charge is -2.55. The molecular formula is C27H28N2O5. The van der Waals surface area contributed by atoms with E-state index in [0.29, 0.717) is 19.4 Å². The summed E-state index contributed by atoms with van der Waals surface area (Å²) in [7, 11) is 1.64. The van der Waals surface area contributed by atoms with Crippen molar-refractivity contribution in [3.63, 3.8) is 0 Å². The second-order valence-electron chi connectivity index (χ2n) is 9.78. The number of nitrogens with one attached hydrogen (secondary N) is 1. The van der Waals surface area contributed by atoms with Gasteiger partial charge in [0.2, 0.25) is 0 Å². The number of esters is 1. The van der Waals surface area contributed by atoms with Gasteiger partial charge in [0.1, 0.15) is 23.4 Å². The average molecular weight is 461 g/mol. The quantitative estimate of drug-likeness (QED) is 0.565. The maximum absolute atomic E-state index is 13.6. The van der Waals surface area contributed by atoms with Crippen molar-refractivity contribution in [2.24, 2.45) is 5.92 Å². The van der Waals surface area contributed by atoms with Crippen molar-refractivity contribution in [1.82, 2.24) is 9.88 Å². The van der Waals surface area contributed by atoms with Gasteiger partial charge in [0.15, 0.2) is 0 Å². The average Bonchev–Trinajstić information content (AvgIpc) is 3.38. The number of benzene rings is 2. The third-order valence-corrected chi connectivity index (χ3v) is 7.98. The molecule has 3 aromatic rings. The SMILES string of the molecule is CC[C@@]12CC3CN(C(=O)OCc4ccccc4)C1[C@](c1cc4cc(OC)ccc4[nH]1)(C3)C(=O)O2. The first-order chi connectivity index (χ1) is 16.5. The number of amides is 1. The third kappa shape index (κ3) is 2.89. The van der Waals surface area contributed by atoms with Crippen LogP contribution in [0.25, 0.3) is 10.9 Å². The molecule has 0 spiro atoms. The molecular weight excluding hydrogens is 432 g/mol. The van der Waals surface area contributed by atoms with Gasteiger partial charge in [-0.25, -0.2) is 4.79 Å². The smallest absolute Gasteiger partial charge is 0.410 e. The van der Waals surface area contributed by atoms with Gasteiger partial charge in [-0.15, -0.1) is 0 Å². The van der Waals surface area contributed by atoms with Crippen molar-refractivity contribution in [2.45, 2.75) is 49.9 Å². The zero-order valence-corrected chi connectivity index (χ0v) is 19.4. The van der Waals surface area contributed by atoms with E-state index in [1.54, 1.807) is 12.0 Å². The highest BCUT2D eigenvalue weighted by Crippen LogP contribution is 2.60. The van der Waals surface area contributed by atoms with Crippen LogP contribution in [0.3, 0.4) is 0 Å². The van der Waals surface area contributed by atoms with Gasteiger partial charge in [0.25, 0.3) is 0 Å².